The summed E-state index contributed by atoms with van der Waals surface area (Å²) in [5.41, 5.74) is 2.65. The van der Waals surface area contributed by atoms with Crippen LogP contribution in [0.1, 0.15) is 11.3 Å². The van der Waals surface area contributed by atoms with Crippen LogP contribution in [0, 0.1) is 0 Å². The summed E-state index contributed by atoms with van der Waals surface area (Å²) >= 11 is 5.32. The summed E-state index contributed by atoms with van der Waals surface area (Å²) in [5.74, 6) is 2.21. The van der Waals surface area contributed by atoms with Crippen molar-refractivity contribution < 1.29 is 0 Å². The topological polar surface area (TPSA) is 12.9 Å². The Morgan fingerprint density at radius 3 is 3.30 bits per heavy atom. The van der Waals surface area contributed by atoms with E-state index in [1.54, 1.807) is 0 Å². The second kappa shape index (κ2) is 2.55. The molecule has 52 valence electrons. The number of hydrogen-bond acceptors (Lipinski definition) is 2. The van der Waals surface area contributed by atoms with Crippen LogP contribution in [0.5, 0.6) is 0 Å². The fraction of sp³-hybridized carbons (Fsp3) is 0.286. The third-order valence-electron chi connectivity index (χ3n) is 1.52. The van der Waals surface area contributed by atoms with Crippen molar-refractivity contribution in [2.75, 3.05) is 0 Å². The lowest BCUT2D eigenvalue weighted by Crippen LogP contribution is -1.85. The van der Waals surface area contributed by atoms with Crippen molar-refractivity contribution >= 4 is 27.7 Å². The zero-order valence-corrected chi connectivity index (χ0v) is 7.70. The van der Waals surface area contributed by atoms with Gasteiger partial charge < -0.3 is 0 Å². The highest BCUT2D eigenvalue weighted by molar-refractivity contribution is 9.10. The summed E-state index contributed by atoms with van der Waals surface area (Å²) in [6.07, 6.45) is 1.87. The van der Waals surface area contributed by atoms with Crippen LogP contribution in [-0.2, 0) is 11.5 Å². The quantitative estimate of drug-likeness (QED) is 0.661. The van der Waals surface area contributed by atoms with E-state index in [4.69, 9.17) is 0 Å². The summed E-state index contributed by atoms with van der Waals surface area (Å²) in [6, 6.07) is 2.16. The first-order valence-corrected chi connectivity index (χ1v) is 5.02. The van der Waals surface area contributed by atoms with Crippen molar-refractivity contribution in [2.45, 2.75) is 11.5 Å². The van der Waals surface area contributed by atoms with E-state index in [1.165, 1.54) is 11.3 Å². The SMILES string of the molecule is Brc1cnc2c(c1)CSC2. The van der Waals surface area contributed by atoms with Gasteiger partial charge >= 0.3 is 0 Å². The van der Waals surface area contributed by atoms with E-state index < -0.39 is 0 Å². The van der Waals surface area contributed by atoms with Gasteiger partial charge in [0.05, 0.1) is 5.69 Å². The smallest absolute Gasteiger partial charge is 0.0543 e. The van der Waals surface area contributed by atoms with Crippen molar-refractivity contribution in [1.29, 1.82) is 0 Å². The number of nitrogens with zero attached hydrogens (tertiary/aromatic N) is 1. The van der Waals surface area contributed by atoms with Gasteiger partial charge in [-0.25, -0.2) is 0 Å². The molecule has 0 amide bonds. The van der Waals surface area contributed by atoms with Crippen LogP contribution in [-0.4, -0.2) is 4.98 Å². The number of pyridine rings is 1. The number of halogens is 1. The lowest BCUT2D eigenvalue weighted by Gasteiger charge is -1.95. The summed E-state index contributed by atoms with van der Waals surface area (Å²) in [7, 11) is 0. The highest BCUT2D eigenvalue weighted by atomic mass is 79.9. The molecule has 0 bridgehead atoms. The fourth-order valence-corrected chi connectivity index (χ4v) is 2.43. The standard InChI is InChI=1S/C7H6BrNS/c8-6-1-5-3-10-4-7(5)9-2-6/h1-2H,3-4H2. The molecule has 0 spiro atoms. The summed E-state index contributed by atoms with van der Waals surface area (Å²) in [5, 5.41) is 0. The third kappa shape index (κ3) is 1.08. The van der Waals surface area contributed by atoms with Crippen LogP contribution >= 0.6 is 27.7 Å². The monoisotopic (exact) mass is 215 g/mol. The van der Waals surface area contributed by atoms with Crippen LogP contribution in [0.2, 0.25) is 0 Å². The van der Waals surface area contributed by atoms with E-state index in [2.05, 4.69) is 27.0 Å². The van der Waals surface area contributed by atoms with Gasteiger partial charge in [0, 0.05) is 22.2 Å². The molecule has 0 saturated heterocycles. The van der Waals surface area contributed by atoms with Gasteiger partial charge in [0.1, 0.15) is 0 Å². The zero-order valence-electron chi connectivity index (χ0n) is 5.30. The molecule has 1 aliphatic rings. The first-order valence-electron chi connectivity index (χ1n) is 3.07. The molecule has 0 fully saturated rings. The molecule has 0 saturated carbocycles. The molecule has 0 unspecified atom stereocenters. The van der Waals surface area contributed by atoms with Gasteiger partial charge in [-0.15, -0.1) is 0 Å². The molecule has 1 nitrogen and oxygen atoms in total. The average molecular weight is 216 g/mol. The Balaban J connectivity index is 2.52. The molecule has 1 aromatic heterocycles. The van der Waals surface area contributed by atoms with Crippen molar-refractivity contribution in [2.24, 2.45) is 0 Å². The summed E-state index contributed by atoms with van der Waals surface area (Å²) in [4.78, 5) is 4.29. The second-order valence-electron chi connectivity index (χ2n) is 2.25. The molecule has 2 rings (SSSR count). The van der Waals surface area contributed by atoms with Gasteiger partial charge in [0.2, 0.25) is 0 Å². The molecule has 2 heterocycles. The Morgan fingerprint density at radius 2 is 2.40 bits per heavy atom. The van der Waals surface area contributed by atoms with Crippen molar-refractivity contribution in [3.05, 3.63) is 28.0 Å². The number of hydrogen-bond donors (Lipinski definition) is 0. The molecular weight excluding hydrogens is 210 g/mol. The lowest BCUT2D eigenvalue weighted by molar-refractivity contribution is 1.14. The minimum Gasteiger partial charge on any atom is -0.259 e. The molecule has 10 heavy (non-hydrogen) atoms. The number of aromatic nitrogens is 1. The maximum absolute atomic E-state index is 4.29. The number of rotatable bonds is 0. The Labute approximate surface area is 72.4 Å². The predicted molar refractivity (Wildman–Crippen MR) is 46.9 cm³/mol. The van der Waals surface area contributed by atoms with Crippen LogP contribution in [0.25, 0.3) is 0 Å². The minimum atomic E-state index is 1.09. The normalized spacial score (nSPS) is 15.3. The molecule has 0 atom stereocenters. The number of thioether (sulfide) groups is 1. The molecular formula is C7H6BrNS. The van der Waals surface area contributed by atoms with E-state index in [9.17, 15) is 0 Å². The maximum Gasteiger partial charge on any atom is 0.0543 e. The van der Waals surface area contributed by atoms with Crippen LogP contribution in [0.4, 0.5) is 0 Å². The molecule has 1 aliphatic heterocycles. The third-order valence-corrected chi connectivity index (χ3v) is 2.95. The van der Waals surface area contributed by atoms with Gasteiger partial charge in [-0.3, -0.25) is 4.98 Å². The highest BCUT2D eigenvalue weighted by Crippen LogP contribution is 2.29. The Bertz CT molecular complexity index is 262. The second-order valence-corrected chi connectivity index (χ2v) is 4.15. The van der Waals surface area contributed by atoms with Gasteiger partial charge in [-0.05, 0) is 27.6 Å². The van der Waals surface area contributed by atoms with Crippen molar-refractivity contribution in [3.8, 4) is 0 Å². The van der Waals surface area contributed by atoms with E-state index in [1.807, 2.05) is 18.0 Å². The average Bonchev–Trinajstić information content (AvgIpc) is 2.33. The van der Waals surface area contributed by atoms with Crippen molar-refractivity contribution in [1.82, 2.24) is 4.98 Å². The molecule has 0 aliphatic carbocycles. The summed E-state index contributed by atoms with van der Waals surface area (Å²) < 4.78 is 1.09. The predicted octanol–water partition coefficient (Wildman–Crippen LogP) is 2.59. The first kappa shape index (κ1) is 6.68. The van der Waals surface area contributed by atoms with Crippen LogP contribution in [0.3, 0.4) is 0 Å². The van der Waals surface area contributed by atoms with Crippen LogP contribution in [0.15, 0.2) is 16.7 Å². The maximum atomic E-state index is 4.29. The summed E-state index contributed by atoms with van der Waals surface area (Å²) in [6.45, 7) is 0. The Morgan fingerprint density at radius 1 is 1.50 bits per heavy atom. The van der Waals surface area contributed by atoms with Gasteiger partial charge in [0.25, 0.3) is 0 Å². The van der Waals surface area contributed by atoms with E-state index in [-0.39, 0.29) is 0 Å². The molecule has 0 aromatic carbocycles. The van der Waals surface area contributed by atoms with Crippen molar-refractivity contribution in [3.63, 3.8) is 0 Å². The first-order chi connectivity index (χ1) is 4.86. The molecule has 3 heteroatoms. The molecule has 1 aromatic rings. The van der Waals surface area contributed by atoms with Gasteiger partial charge in [0.15, 0.2) is 0 Å². The number of fused-ring (bicyclic) bond motifs is 1. The molecule has 0 radical (unpaired) electrons. The largest absolute Gasteiger partial charge is 0.259 e. The molecule has 0 N–H and O–H groups in total. The Kier molecular flexibility index (Phi) is 1.70. The lowest BCUT2D eigenvalue weighted by atomic mass is 10.2. The van der Waals surface area contributed by atoms with E-state index in [0.717, 1.165) is 16.0 Å². The minimum absolute atomic E-state index is 1.09. The van der Waals surface area contributed by atoms with Gasteiger partial charge in [-0.1, -0.05) is 0 Å². The zero-order chi connectivity index (χ0) is 6.97. The van der Waals surface area contributed by atoms with Gasteiger partial charge in [-0.2, -0.15) is 11.8 Å². The van der Waals surface area contributed by atoms with E-state index in [0.29, 0.717) is 0 Å². The fourth-order valence-electron chi connectivity index (χ4n) is 1.02. The Hall–Kier alpha value is -0.0200. The van der Waals surface area contributed by atoms with Crippen LogP contribution < -0.4 is 0 Å². The van der Waals surface area contributed by atoms with E-state index >= 15 is 0 Å². The highest BCUT2D eigenvalue weighted by Gasteiger charge is 2.11.